The van der Waals surface area contributed by atoms with Gasteiger partial charge in [0.1, 0.15) is 18.2 Å². The number of carbonyl (C=O) groups is 2. The van der Waals surface area contributed by atoms with E-state index in [0.717, 1.165) is 11.8 Å². The van der Waals surface area contributed by atoms with Crippen molar-refractivity contribution < 1.29 is 14.7 Å². The van der Waals surface area contributed by atoms with Crippen LogP contribution in [0, 0.1) is 11.3 Å². The molecule has 0 radical (unpaired) electrons. The summed E-state index contributed by atoms with van der Waals surface area (Å²) >= 11 is 5.73. The van der Waals surface area contributed by atoms with E-state index in [1.807, 2.05) is 0 Å². The van der Waals surface area contributed by atoms with Gasteiger partial charge in [-0.15, -0.1) is 0 Å². The smallest absolute Gasteiger partial charge is 0.322 e. The Hall–Kier alpha value is -2.52. The lowest BCUT2D eigenvalue weighted by atomic mass is 10.2. The number of amides is 1. The van der Waals surface area contributed by atoms with Crippen molar-refractivity contribution >= 4 is 23.5 Å². The Morgan fingerprint density at radius 2 is 2.00 bits per heavy atom. The number of carboxylic acids is 1. The molecule has 0 aliphatic heterocycles. The average Bonchev–Trinajstić information content (AvgIpc) is 2.42. The minimum atomic E-state index is -1.08. The monoisotopic (exact) mass is 293 g/mol. The maximum absolute atomic E-state index is 11.7. The van der Waals surface area contributed by atoms with Crippen LogP contribution in [-0.2, 0) is 16.1 Å². The summed E-state index contributed by atoms with van der Waals surface area (Å²) in [6.45, 7) is -0.121. The lowest BCUT2D eigenvalue weighted by Gasteiger charge is -2.05. The number of benzene rings is 1. The predicted molar refractivity (Wildman–Crippen MR) is 72.6 cm³/mol. The molecular formula is C13H12ClN3O3. The molecule has 0 aromatic heterocycles. The van der Waals surface area contributed by atoms with E-state index in [4.69, 9.17) is 22.0 Å². The molecular weight excluding hydrogens is 282 g/mol. The molecule has 0 spiro atoms. The third kappa shape index (κ3) is 5.42. The van der Waals surface area contributed by atoms with Crippen LogP contribution in [0.4, 0.5) is 0 Å². The summed E-state index contributed by atoms with van der Waals surface area (Å²) < 4.78 is 0. The highest BCUT2D eigenvalue weighted by Crippen LogP contribution is 2.09. The normalized spacial score (nSPS) is 10.5. The molecule has 0 fully saturated rings. The van der Waals surface area contributed by atoms with E-state index in [1.165, 1.54) is 0 Å². The predicted octanol–water partition coefficient (Wildman–Crippen LogP) is 1.04. The second kappa shape index (κ2) is 7.81. The number of carboxylic acid groups (broad SMARTS) is 1. The van der Waals surface area contributed by atoms with Crippen molar-refractivity contribution in [1.29, 1.82) is 5.26 Å². The van der Waals surface area contributed by atoms with E-state index in [9.17, 15) is 9.59 Å². The molecule has 20 heavy (non-hydrogen) atoms. The van der Waals surface area contributed by atoms with E-state index in [2.05, 4.69) is 10.6 Å². The zero-order valence-electron chi connectivity index (χ0n) is 10.4. The van der Waals surface area contributed by atoms with Crippen LogP contribution in [0.15, 0.2) is 36.0 Å². The molecule has 0 unspecified atom stereocenters. The number of aliphatic carboxylic acids is 1. The van der Waals surface area contributed by atoms with E-state index in [-0.39, 0.29) is 18.7 Å². The summed E-state index contributed by atoms with van der Waals surface area (Å²) in [5.74, 6) is -1.67. The summed E-state index contributed by atoms with van der Waals surface area (Å²) in [5.41, 5.74) is 0.638. The number of nitrogens with zero attached hydrogens (tertiary/aromatic N) is 1. The van der Waals surface area contributed by atoms with Gasteiger partial charge < -0.3 is 15.7 Å². The topological polar surface area (TPSA) is 102 Å². The quantitative estimate of drug-likeness (QED) is 0.537. The van der Waals surface area contributed by atoms with Gasteiger partial charge in [-0.25, -0.2) is 0 Å². The van der Waals surface area contributed by atoms with Gasteiger partial charge in [0, 0.05) is 17.8 Å². The van der Waals surface area contributed by atoms with Gasteiger partial charge in [-0.05, 0) is 17.7 Å². The van der Waals surface area contributed by atoms with Crippen molar-refractivity contribution in [1.82, 2.24) is 10.6 Å². The van der Waals surface area contributed by atoms with Gasteiger partial charge in [-0.1, -0.05) is 23.7 Å². The van der Waals surface area contributed by atoms with Gasteiger partial charge in [0.25, 0.3) is 5.91 Å². The summed E-state index contributed by atoms with van der Waals surface area (Å²) in [5, 5.41) is 22.7. The Morgan fingerprint density at radius 3 is 2.55 bits per heavy atom. The Morgan fingerprint density at radius 1 is 1.35 bits per heavy atom. The fourth-order valence-electron chi connectivity index (χ4n) is 1.27. The number of carbonyl (C=O) groups excluding carboxylic acids is 1. The van der Waals surface area contributed by atoms with Crippen molar-refractivity contribution in [2.75, 3.05) is 6.54 Å². The van der Waals surface area contributed by atoms with Gasteiger partial charge in [-0.3, -0.25) is 9.59 Å². The van der Waals surface area contributed by atoms with E-state index in [1.54, 1.807) is 30.3 Å². The average molecular weight is 294 g/mol. The maximum Gasteiger partial charge on any atom is 0.322 e. The Balaban J connectivity index is 2.53. The second-order valence-electron chi connectivity index (χ2n) is 3.75. The first-order valence-corrected chi connectivity index (χ1v) is 5.99. The lowest BCUT2D eigenvalue weighted by Crippen LogP contribution is -2.26. The minimum absolute atomic E-state index is 0.194. The van der Waals surface area contributed by atoms with Gasteiger partial charge >= 0.3 is 5.97 Å². The summed E-state index contributed by atoms with van der Waals surface area (Å²) in [7, 11) is 0. The fourth-order valence-corrected chi connectivity index (χ4v) is 1.39. The van der Waals surface area contributed by atoms with Gasteiger partial charge in [0.15, 0.2) is 0 Å². The van der Waals surface area contributed by atoms with Crippen molar-refractivity contribution in [2.24, 2.45) is 0 Å². The van der Waals surface area contributed by atoms with Crippen molar-refractivity contribution in [2.45, 2.75) is 6.54 Å². The van der Waals surface area contributed by atoms with Crippen molar-refractivity contribution in [3.05, 3.63) is 46.6 Å². The number of nitriles is 1. The lowest BCUT2D eigenvalue weighted by molar-refractivity contribution is -0.135. The van der Waals surface area contributed by atoms with Crippen molar-refractivity contribution in [3.63, 3.8) is 0 Å². The van der Waals surface area contributed by atoms with Crippen molar-refractivity contribution in [3.8, 4) is 6.07 Å². The number of hydrogen-bond acceptors (Lipinski definition) is 4. The van der Waals surface area contributed by atoms with E-state index < -0.39 is 11.9 Å². The molecule has 0 atom stereocenters. The molecule has 7 heteroatoms. The fraction of sp³-hybridized carbons (Fsp3) is 0.154. The molecule has 1 aromatic carbocycles. The molecule has 1 amide bonds. The first-order valence-electron chi connectivity index (χ1n) is 5.61. The van der Waals surface area contributed by atoms with Crippen LogP contribution in [0.2, 0.25) is 5.02 Å². The van der Waals surface area contributed by atoms with Crippen LogP contribution >= 0.6 is 11.6 Å². The molecule has 0 aliphatic carbocycles. The molecule has 3 N–H and O–H groups in total. The first kappa shape index (κ1) is 15.5. The van der Waals surface area contributed by atoms with Gasteiger partial charge in [-0.2, -0.15) is 5.26 Å². The van der Waals surface area contributed by atoms with Gasteiger partial charge in [0.2, 0.25) is 0 Å². The third-order valence-electron chi connectivity index (χ3n) is 2.23. The Labute approximate surface area is 120 Å². The van der Waals surface area contributed by atoms with Crippen LogP contribution in [0.3, 0.4) is 0 Å². The highest BCUT2D eigenvalue weighted by atomic mass is 35.5. The zero-order chi connectivity index (χ0) is 15.0. The molecule has 0 heterocycles. The van der Waals surface area contributed by atoms with Crippen LogP contribution in [0.25, 0.3) is 0 Å². The van der Waals surface area contributed by atoms with Crippen LogP contribution in [0.5, 0.6) is 0 Å². The summed E-state index contributed by atoms with van der Waals surface area (Å²) in [6.07, 6.45) is 1.07. The highest BCUT2D eigenvalue weighted by Gasteiger charge is 2.08. The standard InChI is InChI=1S/C13H12ClN3O3/c14-11-3-1-9(2-4-11)6-17-13(20)10(5-15)7-16-8-12(18)19/h1-4,7,16H,6,8H2,(H,17,20)(H,18,19)/b10-7-. The molecule has 104 valence electrons. The zero-order valence-corrected chi connectivity index (χ0v) is 11.1. The summed E-state index contributed by atoms with van der Waals surface area (Å²) in [4.78, 5) is 22.0. The number of rotatable bonds is 6. The molecule has 0 aliphatic rings. The molecule has 0 saturated carbocycles. The molecule has 1 rings (SSSR count). The second-order valence-corrected chi connectivity index (χ2v) is 4.19. The van der Waals surface area contributed by atoms with Crippen LogP contribution in [-0.4, -0.2) is 23.5 Å². The first-order chi connectivity index (χ1) is 9.52. The maximum atomic E-state index is 11.7. The number of hydrogen-bond donors (Lipinski definition) is 3. The van der Waals surface area contributed by atoms with Crippen LogP contribution in [0.1, 0.15) is 5.56 Å². The number of halogens is 1. The van der Waals surface area contributed by atoms with E-state index in [0.29, 0.717) is 5.02 Å². The molecule has 0 saturated heterocycles. The minimum Gasteiger partial charge on any atom is -0.480 e. The van der Waals surface area contributed by atoms with E-state index >= 15 is 0 Å². The third-order valence-corrected chi connectivity index (χ3v) is 2.48. The number of nitrogens with one attached hydrogen (secondary N) is 2. The highest BCUT2D eigenvalue weighted by molar-refractivity contribution is 6.30. The molecule has 0 bridgehead atoms. The van der Waals surface area contributed by atoms with Gasteiger partial charge in [0.05, 0.1) is 0 Å². The molecule has 6 nitrogen and oxygen atoms in total. The molecule has 1 aromatic rings. The largest absolute Gasteiger partial charge is 0.480 e. The van der Waals surface area contributed by atoms with Crippen LogP contribution < -0.4 is 10.6 Å². The Kier molecular flexibility index (Phi) is 6.07. The summed E-state index contributed by atoms with van der Waals surface area (Å²) in [6, 6.07) is 8.58. The SMILES string of the molecule is N#C/C(=C/NCC(=O)O)C(=O)NCc1ccc(Cl)cc1. The Bertz CT molecular complexity index is 561.